The van der Waals surface area contributed by atoms with Gasteiger partial charge in [-0.3, -0.25) is 4.79 Å². The SMILES string of the molecule is CC(=O)Nc1cc(Nc2cc(C)cc(S(C)(=O)=O)n2)c(-c2cc3c(s2)CCOC3)cn1. The zero-order chi connectivity index (χ0) is 22.2. The number of hydrogen-bond acceptors (Lipinski definition) is 8. The number of thiophene rings is 1. The molecular formula is C21H22N4O4S2. The molecule has 10 heteroatoms. The molecule has 0 fully saturated rings. The first-order chi connectivity index (χ1) is 14.7. The quantitative estimate of drug-likeness (QED) is 0.600. The molecule has 0 bridgehead atoms. The van der Waals surface area contributed by atoms with E-state index in [1.54, 1.807) is 29.7 Å². The molecule has 31 heavy (non-hydrogen) atoms. The summed E-state index contributed by atoms with van der Waals surface area (Å²) >= 11 is 1.68. The van der Waals surface area contributed by atoms with Crippen LogP contribution in [0.5, 0.6) is 0 Å². The van der Waals surface area contributed by atoms with E-state index in [9.17, 15) is 13.2 Å². The molecule has 3 aromatic rings. The fourth-order valence-electron chi connectivity index (χ4n) is 3.31. The Labute approximate surface area is 184 Å². The Morgan fingerprint density at radius 1 is 1.19 bits per heavy atom. The average molecular weight is 459 g/mol. The highest BCUT2D eigenvalue weighted by Gasteiger charge is 2.18. The lowest BCUT2D eigenvalue weighted by atomic mass is 10.1. The molecule has 2 N–H and O–H groups in total. The Hall–Kier alpha value is -2.82. The lowest BCUT2D eigenvalue weighted by Crippen LogP contribution is -2.08. The van der Waals surface area contributed by atoms with E-state index in [1.807, 2.05) is 6.92 Å². The second-order valence-electron chi connectivity index (χ2n) is 7.42. The maximum atomic E-state index is 12.0. The maximum Gasteiger partial charge on any atom is 0.222 e. The molecule has 0 saturated carbocycles. The summed E-state index contributed by atoms with van der Waals surface area (Å²) in [5, 5.41) is 5.91. The van der Waals surface area contributed by atoms with E-state index in [-0.39, 0.29) is 10.9 Å². The Bertz CT molecular complexity index is 1240. The first-order valence-corrected chi connectivity index (χ1v) is 12.3. The van der Waals surface area contributed by atoms with Crippen LogP contribution < -0.4 is 10.6 Å². The first kappa shape index (κ1) is 21.4. The van der Waals surface area contributed by atoms with Crippen LogP contribution in [0.25, 0.3) is 10.4 Å². The lowest BCUT2D eigenvalue weighted by molar-refractivity contribution is -0.114. The smallest absolute Gasteiger partial charge is 0.222 e. The van der Waals surface area contributed by atoms with E-state index in [2.05, 4.69) is 26.7 Å². The van der Waals surface area contributed by atoms with Crippen LogP contribution in [0.3, 0.4) is 0 Å². The van der Waals surface area contributed by atoms with Gasteiger partial charge in [0.25, 0.3) is 0 Å². The highest BCUT2D eigenvalue weighted by Crippen LogP contribution is 2.39. The zero-order valence-electron chi connectivity index (χ0n) is 17.4. The molecule has 1 aliphatic heterocycles. The summed E-state index contributed by atoms with van der Waals surface area (Å²) in [5.41, 5.74) is 3.42. The molecule has 1 aliphatic rings. The monoisotopic (exact) mass is 458 g/mol. The van der Waals surface area contributed by atoms with Crippen molar-refractivity contribution in [1.29, 1.82) is 0 Å². The molecule has 0 radical (unpaired) electrons. The van der Waals surface area contributed by atoms with Gasteiger partial charge in [-0.15, -0.1) is 11.3 Å². The number of hydrogen-bond donors (Lipinski definition) is 2. The minimum absolute atomic E-state index is 0.00331. The van der Waals surface area contributed by atoms with Gasteiger partial charge < -0.3 is 15.4 Å². The van der Waals surface area contributed by atoms with Gasteiger partial charge in [0.15, 0.2) is 14.9 Å². The number of nitrogens with one attached hydrogen (secondary N) is 2. The van der Waals surface area contributed by atoms with Crippen molar-refractivity contribution in [3.63, 3.8) is 0 Å². The number of ether oxygens (including phenoxy) is 1. The van der Waals surface area contributed by atoms with Crippen LogP contribution in [-0.2, 0) is 32.4 Å². The van der Waals surface area contributed by atoms with Crippen molar-refractivity contribution in [3.05, 3.63) is 46.5 Å². The van der Waals surface area contributed by atoms with Crippen molar-refractivity contribution >= 4 is 44.4 Å². The number of aryl methyl sites for hydroxylation is 1. The molecule has 3 aromatic heterocycles. The van der Waals surface area contributed by atoms with Crippen molar-refractivity contribution < 1.29 is 17.9 Å². The van der Waals surface area contributed by atoms with Gasteiger partial charge in [-0.1, -0.05) is 0 Å². The molecule has 0 unspecified atom stereocenters. The average Bonchev–Trinajstić information content (AvgIpc) is 3.10. The molecule has 0 saturated heterocycles. The predicted molar refractivity (Wildman–Crippen MR) is 121 cm³/mol. The Balaban J connectivity index is 1.79. The molecule has 162 valence electrons. The van der Waals surface area contributed by atoms with Crippen molar-refractivity contribution in [3.8, 4) is 10.4 Å². The number of anilines is 3. The van der Waals surface area contributed by atoms with E-state index in [4.69, 9.17) is 4.74 Å². The number of pyridine rings is 2. The number of sulfone groups is 1. The molecule has 0 spiro atoms. The fraction of sp³-hybridized carbons (Fsp3) is 0.286. The van der Waals surface area contributed by atoms with Gasteiger partial charge in [-0.05, 0) is 36.2 Å². The second kappa shape index (κ2) is 8.37. The summed E-state index contributed by atoms with van der Waals surface area (Å²) in [6, 6.07) is 7.11. The van der Waals surface area contributed by atoms with Gasteiger partial charge in [0.2, 0.25) is 5.91 Å². The van der Waals surface area contributed by atoms with Crippen molar-refractivity contribution in [2.75, 3.05) is 23.5 Å². The van der Waals surface area contributed by atoms with Crippen molar-refractivity contribution in [1.82, 2.24) is 9.97 Å². The molecular weight excluding hydrogens is 436 g/mol. The van der Waals surface area contributed by atoms with Crippen LogP contribution in [0.1, 0.15) is 22.9 Å². The molecule has 0 aromatic carbocycles. The lowest BCUT2D eigenvalue weighted by Gasteiger charge is -2.13. The summed E-state index contributed by atoms with van der Waals surface area (Å²) in [6.07, 6.45) is 3.69. The molecule has 4 heterocycles. The van der Waals surface area contributed by atoms with Crippen LogP contribution in [-0.4, -0.2) is 37.2 Å². The van der Waals surface area contributed by atoms with Crippen LogP contribution in [0.4, 0.5) is 17.3 Å². The highest BCUT2D eigenvalue weighted by atomic mass is 32.2. The van der Waals surface area contributed by atoms with E-state index in [1.165, 1.54) is 17.9 Å². The van der Waals surface area contributed by atoms with E-state index in [0.717, 1.165) is 34.2 Å². The summed E-state index contributed by atoms with van der Waals surface area (Å²) < 4.78 is 29.6. The number of fused-ring (bicyclic) bond motifs is 1. The third-order valence-corrected chi connectivity index (χ3v) is 6.93. The van der Waals surface area contributed by atoms with Gasteiger partial charge in [0.1, 0.15) is 11.6 Å². The minimum atomic E-state index is -3.46. The molecule has 1 amide bonds. The van der Waals surface area contributed by atoms with Crippen molar-refractivity contribution in [2.45, 2.75) is 31.9 Å². The fourth-order valence-corrected chi connectivity index (χ4v) is 5.15. The number of rotatable bonds is 5. The van der Waals surface area contributed by atoms with E-state index < -0.39 is 9.84 Å². The standard InChI is InChI=1S/C21H22N4O4S2/c1-12-6-20(25-21(7-12)31(3,27)28)24-16-9-19(23-13(2)26)22-10-15(16)18-8-14-11-29-5-4-17(14)30-18/h6-10H,4-5,11H2,1-3H3,(H2,22,23,24,25,26). The zero-order valence-corrected chi connectivity index (χ0v) is 19.0. The summed E-state index contributed by atoms with van der Waals surface area (Å²) in [7, 11) is -3.46. The Morgan fingerprint density at radius 3 is 2.71 bits per heavy atom. The predicted octanol–water partition coefficient (Wildman–Crippen LogP) is 3.69. The second-order valence-corrected chi connectivity index (χ2v) is 10.5. The van der Waals surface area contributed by atoms with E-state index in [0.29, 0.717) is 30.5 Å². The molecule has 0 aliphatic carbocycles. The number of carbonyl (C=O) groups is 1. The third-order valence-electron chi connectivity index (χ3n) is 4.69. The molecule has 8 nitrogen and oxygen atoms in total. The highest BCUT2D eigenvalue weighted by molar-refractivity contribution is 7.90. The number of carbonyl (C=O) groups excluding carboxylic acids is 1. The largest absolute Gasteiger partial charge is 0.376 e. The summed E-state index contributed by atoms with van der Waals surface area (Å²) in [5.74, 6) is 0.550. The number of nitrogens with zero attached hydrogens (tertiary/aromatic N) is 2. The maximum absolute atomic E-state index is 12.0. The minimum Gasteiger partial charge on any atom is -0.376 e. The normalized spacial score (nSPS) is 13.5. The topological polar surface area (TPSA) is 110 Å². The van der Waals surface area contributed by atoms with Gasteiger partial charge in [0.05, 0.1) is 18.9 Å². The molecule has 0 atom stereocenters. The third kappa shape index (κ3) is 4.92. The van der Waals surface area contributed by atoms with Gasteiger partial charge in [-0.25, -0.2) is 18.4 Å². The van der Waals surface area contributed by atoms with Crippen LogP contribution in [0.15, 0.2) is 35.5 Å². The van der Waals surface area contributed by atoms with Gasteiger partial charge in [-0.2, -0.15) is 0 Å². The van der Waals surface area contributed by atoms with Crippen LogP contribution in [0, 0.1) is 6.92 Å². The van der Waals surface area contributed by atoms with Crippen molar-refractivity contribution in [2.24, 2.45) is 0 Å². The number of aromatic nitrogens is 2. The van der Waals surface area contributed by atoms with E-state index >= 15 is 0 Å². The van der Waals surface area contributed by atoms with Gasteiger partial charge in [0, 0.05) is 47.2 Å². The summed E-state index contributed by atoms with van der Waals surface area (Å²) in [4.78, 5) is 22.4. The van der Waals surface area contributed by atoms with Gasteiger partial charge >= 0.3 is 0 Å². The first-order valence-electron chi connectivity index (χ1n) is 9.62. The Morgan fingerprint density at radius 2 is 2.00 bits per heavy atom. The Kier molecular flexibility index (Phi) is 5.78. The van der Waals surface area contributed by atoms with Crippen LogP contribution in [0.2, 0.25) is 0 Å². The summed E-state index contributed by atoms with van der Waals surface area (Å²) in [6.45, 7) is 4.52. The molecule has 4 rings (SSSR count). The number of amides is 1. The van der Waals surface area contributed by atoms with Crippen LogP contribution >= 0.6 is 11.3 Å².